The summed E-state index contributed by atoms with van der Waals surface area (Å²) < 4.78 is 15.3. The first-order valence-corrected chi connectivity index (χ1v) is 9.19. The Morgan fingerprint density at radius 1 is 1.21 bits per heavy atom. The average molecular weight is 403 g/mol. The number of phenolic OH excluding ortho intramolecular Hbond substituents is 1. The van der Waals surface area contributed by atoms with Gasteiger partial charge in [-0.2, -0.15) is 0 Å². The molecule has 1 heterocycles. The van der Waals surface area contributed by atoms with Crippen LogP contribution in [0, 0.1) is 12.7 Å². The molecule has 0 saturated heterocycles. The standard InChI is InChI=1S/C21H20ClFN2O3/c1-11(2)24-20(27)10-15-12(3)25(19-7-5-14(26)9-16(15)19)21(28)13-4-6-17(22)18(23)8-13/h4-9,11,26H,10H2,1-3H3,(H,24,27). The van der Waals surface area contributed by atoms with E-state index in [4.69, 9.17) is 11.6 Å². The Hall–Kier alpha value is -2.86. The lowest BCUT2D eigenvalue weighted by molar-refractivity contribution is -0.120. The van der Waals surface area contributed by atoms with Gasteiger partial charge >= 0.3 is 0 Å². The van der Waals surface area contributed by atoms with E-state index >= 15 is 0 Å². The maximum Gasteiger partial charge on any atom is 0.262 e. The highest BCUT2D eigenvalue weighted by atomic mass is 35.5. The van der Waals surface area contributed by atoms with Gasteiger partial charge in [0.15, 0.2) is 0 Å². The Labute approximate surface area is 166 Å². The Kier molecular flexibility index (Phi) is 5.42. The summed E-state index contributed by atoms with van der Waals surface area (Å²) in [5.74, 6) is -1.29. The lowest BCUT2D eigenvalue weighted by atomic mass is 10.1. The Morgan fingerprint density at radius 3 is 2.57 bits per heavy atom. The molecule has 1 amide bonds. The largest absolute Gasteiger partial charge is 0.508 e. The van der Waals surface area contributed by atoms with Crippen molar-refractivity contribution in [1.29, 1.82) is 0 Å². The van der Waals surface area contributed by atoms with Gasteiger partial charge in [-0.25, -0.2) is 4.39 Å². The molecule has 0 radical (unpaired) electrons. The number of phenols is 1. The second-order valence-corrected chi connectivity index (χ2v) is 7.34. The zero-order valence-corrected chi connectivity index (χ0v) is 16.5. The Morgan fingerprint density at radius 2 is 1.93 bits per heavy atom. The summed E-state index contributed by atoms with van der Waals surface area (Å²) >= 11 is 5.71. The van der Waals surface area contributed by atoms with E-state index < -0.39 is 11.7 Å². The van der Waals surface area contributed by atoms with Crippen LogP contribution < -0.4 is 5.32 Å². The number of aromatic nitrogens is 1. The molecule has 2 N–H and O–H groups in total. The molecule has 28 heavy (non-hydrogen) atoms. The molecule has 0 aliphatic heterocycles. The molecule has 3 rings (SSSR count). The van der Waals surface area contributed by atoms with Crippen LogP contribution in [0.4, 0.5) is 4.39 Å². The summed E-state index contributed by atoms with van der Waals surface area (Å²) in [6.45, 7) is 5.44. The smallest absolute Gasteiger partial charge is 0.262 e. The van der Waals surface area contributed by atoms with Gasteiger partial charge in [0, 0.05) is 22.7 Å². The van der Waals surface area contributed by atoms with Crippen molar-refractivity contribution in [3.8, 4) is 5.75 Å². The van der Waals surface area contributed by atoms with Crippen LogP contribution >= 0.6 is 11.6 Å². The fourth-order valence-electron chi connectivity index (χ4n) is 3.25. The number of hydrogen-bond acceptors (Lipinski definition) is 3. The van der Waals surface area contributed by atoms with E-state index in [1.54, 1.807) is 13.0 Å². The molecule has 146 valence electrons. The molecule has 3 aromatic rings. The minimum atomic E-state index is -0.684. The molecule has 2 aromatic carbocycles. The van der Waals surface area contributed by atoms with Gasteiger partial charge in [0.05, 0.1) is 17.0 Å². The predicted octanol–water partition coefficient (Wildman–Crippen LogP) is 4.20. The number of rotatable bonds is 4. The molecule has 7 heteroatoms. The highest BCUT2D eigenvalue weighted by Gasteiger charge is 2.22. The van der Waals surface area contributed by atoms with Gasteiger partial charge in [0.25, 0.3) is 5.91 Å². The molecule has 0 aliphatic rings. The monoisotopic (exact) mass is 402 g/mol. The van der Waals surface area contributed by atoms with E-state index in [0.29, 0.717) is 22.2 Å². The number of nitrogens with one attached hydrogen (secondary N) is 1. The zero-order valence-electron chi connectivity index (χ0n) is 15.7. The highest BCUT2D eigenvalue weighted by molar-refractivity contribution is 6.30. The van der Waals surface area contributed by atoms with Crippen LogP contribution in [0.5, 0.6) is 5.75 Å². The average Bonchev–Trinajstić information content (AvgIpc) is 2.87. The van der Waals surface area contributed by atoms with Crippen molar-refractivity contribution < 1.29 is 19.1 Å². The van der Waals surface area contributed by atoms with Crippen LogP contribution in [0.3, 0.4) is 0 Å². The predicted molar refractivity (Wildman–Crippen MR) is 106 cm³/mol. The maximum absolute atomic E-state index is 13.8. The van der Waals surface area contributed by atoms with Gasteiger partial charge in [0.1, 0.15) is 11.6 Å². The molecule has 0 fully saturated rings. The lowest BCUT2D eigenvalue weighted by Crippen LogP contribution is -2.31. The normalized spacial score (nSPS) is 11.2. The van der Waals surface area contributed by atoms with Crippen molar-refractivity contribution in [1.82, 2.24) is 9.88 Å². The van der Waals surface area contributed by atoms with Gasteiger partial charge in [0.2, 0.25) is 5.91 Å². The van der Waals surface area contributed by atoms with E-state index in [0.717, 1.165) is 6.07 Å². The van der Waals surface area contributed by atoms with Crippen molar-refractivity contribution in [2.75, 3.05) is 0 Å². The highest BCUT2D eigenvalue weighted by Crippen LogP contribution is 2.30. The van der Waals surface area contributed by atoms with E-state index in [-0.39, 0.29) is 34.7 Å². The van der Waals surface area contributed by atoms with E-state index in [2.05, 4.69) is 5.32 Å². The topological polar surface area (TPSA) is 71.3 Å². The molecule has 5 nitrogen and oxygen atoms in total. The summed E-state index contributed by atoms with van der Waals surface area (Å²) in [7, 11) is 0. The second kappa shape index (κ2) is 7.64. The van der Waals surface area contributed by atoms with Crippen LogP contribution in [-0.4, -0.2) is 27.5 Å². The number of amides is 1. The Balaban J connectivity index is 2.14. The molecule has 0 bridgehead atoms. The van der Waals surface area contributed by atoms with Gasteiger partial charge in [-0.05, 0) is 62.7 Å². The fraction of sp³-hybridized carbons (Fsp3) is 0.238. The van der Waals surface area contributed by atoms with Crippen molar-refractivity contribution in [3.63, 3.8) is 0 Å². The summed E-state index contributed by atoms with van der Waals surface area (Å²) in [5, 5.41) is 13.2. The molecule has 0 spiro atoms. The number of aromatic hydroxyl groups is 1. The fourth-order valence-corrected chi connectivity index (χ4v) is 3.37. The number of nitrogens with zero attached hydrogens (tertiary/aromatic N) is 1. The first-order valence-electron chi connectivity index (χ1n) is 8.81. The molecule has 0 atom stereocenters. The molecular formula is C21H20ClFN2O3. The first-order chi connectivity index (χ1) is 13.2. The van der Waals surface area contributed by atoms with Crippen molar-refractivity contribution >= 4 is 34.3 Å². The van der Waals surface area contributed by atoms with Crippen LogP contribution in [0.25, 0.3) is 10.9 Å². The van der Waals surface area contributed by atoms with Crippen molar-refractivity contribution in [2.45, 2.75) is 33.2 Å². The summed E-state index contributed by atoms with van der Waals surface area (Å²) in [6, 6.07) is 8.43. The molecule has 1 aromatic heterocycles. The van der Waals surface area contributed by atoms with Crippen molar-refractivity contribution in [3.05, 3.63) is 64.1 Å². The van der Waals surface area contributed by atoms with Crippen LogP contribution in [0.15, 0.2) is 36.4 Å². The summed E-state index contributed by atoms with van der Waals surface area (Å²) in [4.78, 5) is 25.4. The lowest BCUT2D eigenvalue weighted by Gasteiger charge is -2.10. The maximum atomic E-state index is 13.8. The number of fused-ring (bicyclic) bond motifs is 1. The third-order valence-corrected chi connectivity index (χ3v) is 4.78. The SMILES string of the molecule is Cc1c(CC(=O)NC(C)C)c2cc(O)ccc2n1C(=O)c1ccc(Cl)c(F)c1. The number of hydrogen-bond donors (Lipinski definition) is 2. The van der Waals surface area contributed by atoms with Crippen LogP contribution in [0.2, 0.25) is 5.02 Å². The molecule has 0 aliphatic carbocycles. The minimum absolute atomic E-state index is 0.0202. The molecule has 0 unspecified atom stereocenters. The second-order valence-electron chi connectivity index (χ2n) is 6.93. The quantitative estimate of drug-likeness (QED) is 0.687. The Bertz CT molecular complexity index is 1090. The summed E-state index contributed by atoms with van der Waals surface area (Å²) in [6.07, 6.45) is 0.0548. The first kappa shape index (κ1) is 19.9. The number of carbonyl (C=O) groups excluding carboxylic acids is 2. The molecule has 0 saturated carbocycles. The number of carbonyl (C=O) groups is 2. The number of benzene rings is 2. The van der Waals surface area contributed by atoms with Crippen LogP contribution in [-0.2, 0) is 11.2 Å². The van der Waals surface area contributed by atoms with E-state index in [9.17, 15) is 19.1 Å². The van der Waals surface area contributed by atoms with E-state index in [1.165, 1.54) is 28.8 Å². The summed E-state index contributed by atoms with van der Waals surface area (Å²) in [5.41, 5.74) is 1.85. The minimum Gasteiger partial charge on any atom is -0.508 e. The zero-order chi connectivity index (χ0) is 20.6. The van der Waals surface area contributed by atoms with Gasteiger partial charge in [-0.15, -0.1) is 0 Å². The molecular weight excluding hydrogens is 383 g/mol. The van der Waals surface area contributed by atoms with Gasteiger partial charge in [-0.3, -0.25) is 14.2 Å². The van der Waals surface area contributed by atoms with E-state index in [1.807, 2.05) is 13.8 Å². The third kappa shape index (κ3) is 3.73. The number of halogens is 2. The van der Waals surface area contributed by atoms with Gasteiger partial charge < -0.3 is 10.4 Å². The van der Waals surface area contributed by atoms with Gasteiger partial charge in [-0.1, -0.05) is 11.6 Å². The van der Waals surface area contributed by atoms with Crippen molar-refractivity contribution in [2.24, 2.45) is 0 Å². The van der Waals surface area contributed by atoms with Crippen LogP contribution in [0.1, 0.15) is 35.5 Å². The third-order valence-electron chi connectivity index (χ3n) is 4.47.